The maximum atomic E-state index is 13.2. The van der Waals surface area contributed by atoms with Gasteiger partial charge in [-0.1, -0.05) is 61.5 Å². The Bertz CT molecular complexity index is 1380. The van der Waals surface area contributed by atoms with E-state index >= 15 is 0 Å². The van der Waals surface area contributed by atoms with Crippen LogP contribution < -0.4 is 5.56 Å². The van der Waals surface area contributed by atoms with Gasteiger partial charge in [-0.05, 0) is 30.5 Å². The highest BCUT2D eigenvalue weighted by Gasteiger charge is 2.23. The average Bonchev–Trinajstić information content (AvgIpc) is 3.35. The summed E-state index contributed by atoms with van der Waals surface area (Å²) in [5, 5.41) is 8.98. The van der Waals surface area contributed by atoms with Gasteiger partial charge < -0.3 is 4.90 Å². The van der Waals surface area contributed by atoms with Crippen molar-refractivity contribution in [1.82, 2.24) is 29.2 Å². The zero-order valence-corrected chi connectivity index (χ0v) is 20.2. The van der Waals surface area contributed by atoms with Crippen molar-refractivity contribution in [2.24, 2.45) is 0 Å². The molecule has 0 spiro atoms. The number of hydrogen-bond donors (Lipinski definition) is 0. The molecule has 3 heterocycles. The van der Waals surface area contributed by atoms with Crippen molar-refractivity contribution >= 4 is 11.4 Å². The van der Waals surface area contributed by atoms with Crippen LogP contribution in [-0.4, -0.2) is 61.3 Å². The molecule has 4 aromatic rings. The highest BCUT2D eigenvalue weighted by Crippen LogP contribution is 2.20. The molecule has 0 bridgehead atoms. The molecule has 0 unspecified atom stereocenters. The number of carbonyl (C=O) groups is 1. The second-order valence-corrected chi connectivity index (χ2v) is 9.03. The van der Waals surface area contributed by atoms with E-state index in [2.05, 4.69) is 46.3 Å². The average molecular weight is 471 g/mol. The summed E-state index contributed by atoms with van der Waals surface area (Å²) in [6.45, 7) is 7.63. The molecule has 0 radical (unpaired) electrons. The van der Waals surface area contributed by atoms with Crippen molar-refractivity contribution in [2.75, 3.05) is 26.2 Å². The first-order valence-electron chi connectivity index (χ1n) is 12.1. The number of carbonyl (C=O) groups excluding carboxylic acids is 1. The number of aromatic nitrogens is 4. The van der Waals surface area contributed by atoms with Crippen LogP contribution in [0.2, 0.25) is 0 Å². The third-order valence-electron chi connectivity index (χ3n) is 6.65. The zero-order valence-electron chi connectivity index (χ0n) is 20.2. The Kier molecular flexibility index (Phi) is 6.46. The molecule has 5 rings (SSSR count). The second kappa shape index (κ2) is 9.84. The standard InChI is InChI=1S/C27H30N6O2/c1-3-21-9-11-23(12-10-21)24-17-25-27(35)32(28-20(2)33(25)29-24)19-26(34)31-15-13-30(14-16-31)18-22-7-5-4-6-8-22/h4-12,17H,3,13-16,18-19H2,1-2H3. The third-order valence-corrected chi connectivity index (χ3v) is 6.65. The number of fused-ring (bicyclic) bond motifs is 1. The lowest BCUT2D eigenvalue weighted by Crippen LogP contribution is -2.49. The van der Waals surface area contributed by atoms with E-state index in [0.29, 0.717) is 30.1 Å². The molecule has 0 aliphatic carbocycles. The largest absolute Gasteiger partial charge is 0.339 e. The molecular formula is C27H30N6O2. The predicted molar refractivity (Wildman–Crippen MR) is 135 cm³/mol. The SMILES string of the molecule is CCc1ccc(-c2cc3c(=O)n(CC(=O)N4CCN(Cc5ccccc5)CC4)nc(C)n3n2)cc1. The molecule has 1 saturated heterocycles. The van der Waals surface area contributed by atoms with Crippen molar-refractivity contribution < 1.29 is 4.79 Å². The summed E-state index contributed by atoms with van der Waals surface area (Å²) in [5.74, 6) is 0.481. The van der Waals surface area contributed by atoms with Crippen LogP contribution in [-0.2, 0) is 24.3 Å². The number of hydrogen-bond acceptors (Lipinski definition) is 5. The predicted octanol–water partition coefficient (Wildman–Crippen LogP) is 2.77. The molecule has 0 saturated carbocycles. The van der Waals surface area contributed by atoms with Crippen molar-refractivity contribution in [3.05, 3.63) is 88.0 Å². The van der Waals surface area contributed by atoms with Crippen LogP contribution in [0.15, 0.2) is 65.5 Å². The molecule has 2 aromatic heterocycles. The topological polar surface area (TPSA) is 75.7 Å². The van der Waals surface area contributed by atoms with Crippen molar-refractivity contribution in [3.8, 4) is 11.3 Å². The molecule has 8 heteroatoms. The van der Waals surface area contributed by atoms with E-state index in [9.17, 15) is 9.59 Å². The maximum Gasteiger partial charge on any atom is 0.293 e. The summed E-state index contributed by atoms with van der Waals surface area (Å²) < 4.78 is 2.84. The molecule has 1 aliphatic rings. The number of aryl methyl sites for hydroxylation is 2. The monoisotopic (exact) mass is 470 g/mol. The fraction of sp³-hybridized carbons (Fsp3) is 0.333. The molecule has 1 fully saturated rings. The zero-order chi connectivity index (χ0) is 24.4. The highest BCUT2D eigenvalue weighted by molar-refractivity contribution is 5.76. The molecule has 0 atom stereocenters. The van der Waals surface area contributed by atoms with Crippen molar-refractivity contribution in [2.45, 2.75) is 33.4 Å². The lowest BCUT2D eigenvalue weighted by atomic mass is 10.1. The number of amides is 1. The molecule has 180 valence electrons. The Labute approximate surface area is 204 Å². The van der Waals surface area contributed by atoms with Gasteiger partial charge in [0.1, 0.15) is 17.9 Å². The van der Waals surface area contributed by atoms with E-state index < -0.39 is 0 Å². The fourth-order valence-corrected chi connectivity index (χ4v) is 4.56. The number of piperazine rings is 1. The van der Waals surface area contributed by atoms with E-state index in [1.54, 1.807) is 17.5 Å². The van der Waals surface area contributed by atoms with Crippen LogP contribution in [0.1, 0.15) is 23.9 Å². The summed E-state index contributed by atoms with van der Waals surface area (Å²) in [6.07, 6.45) is 0.968. The van der Waals surface area contributed by atoms with Gasteiger partial charge in [0.15, 0.2) is 0 Å². The lowest BCUT2D eigenvalue weighted by Gasteiger charge is -2.34. The van der Waals surface area contributed by atoms with Gasteiger partial charge in [-0.3, -0.25) is 14.5 Å². The van der Waals surface area contributed by atoms with Gasteiger partial charge in [0.25, 0.3) is 5.56 Å². The number of rotatable bonds is 6. The lowest BCUT2D eigenvalue weighted by molar-refractivity contribution is -0.133. The van der Waals surface area contributed by atoms with Gasteiger partial charge in [0.05, 0.1) is 5.69 Å². The van der Waals surface area contributed by atoms with E-state index in [-0.39, 0.29) is 18.0 Å². The molecule has 0 N–H and O–H groups in total. The van der Waals surface area contributed by atoms with Gasteiger partial charge in [0.2, 0.25) is 5.91 Å². The minimum atomic E-state index is -0.310. The summed E-state index contributed by atoms with van der Waals surface area (Å²) >= 11 is 0. The van der Waals surface area contributed by atoms with Crippen LogP contribution in [0, 0.1) is 6.92 Å². The van der Waals surface area contributed by atoms with Crippen LogP contribution >= 0.6 is 0 Å². The van der Waals surface area contributed by atoms with Gasteiger partial charge in [0, 0.05) is 38.3 Å². The Morgan fingerprint density at radius 3 is 2.31 bits per heavy atom. The fourth-order valence-electron chi connectivity index (χ4n) is 4.56. The van der Waals surface area contributed by atoms with Crippen LogP contribution in [0.5, 0.6) is 0 Å². The first-order chi connectivity index (χ1) is 17.0. The number of benzene rings is 2. The maximum absolute atomic E-state index is 13.2. The molecule has 35 heavy (non-hydrogen) atoms. The molecule has 8 nitrogen and oxygen atoms in total. The van der Waals surface area contributed by atoms with Crippen LogP contribution in [0.4, 0.5) is 0 Å². The second-order valence-electron chi connectivity index (χ2n) is 9.03. The van der Waals surface area contributed by atoms with E-state index in [1.807, 2.05) is 35.2 Å². The van der Waals surface area contributed by atoms with Crippen LogP contribution in [0.25, 0.3) is 16.8 Å². The summed E-state index contributed by atoms with van der Waals surface area (Å²) in [6, 6.07) is 20.3. The molecule has 2 aromatic carbocycles. The Morgan fingerprint density at radius 2 is 1.63 bits per heavy atom. The first-order valence-corrected chi connectivity index (χ1v) is 12.1. The summed E-state index contributed by atoms with van der Waals surface area (Å²) in [5.41, 5.74) is 4.29. The smallest absolute Gasteiger partial charge is 0.293 e. The molecule has 1 amide bonds. The van der Waals surface area contributed by atoms with Gasteiger partial charge >= 0.3 is 0 Å². The quantitative estimate of drug-likeness (QED) is 0.433. The highest BCUT2D eigenvalue weighted by atomic mass is 16.2. The summed E-state index contributed by atoms with van der Waals surface area (Å²) in [4.78, 5) is 30.3. The van der Waals surface area contributed by atoms with Crippen LogP contribution in [0.3, 0.4) is 0 Å². The van der Waals surface area contributed by atoms with Gasteiger partial charge in [-0.2, -0.15) is 10.2 Å². The summed E-state index contributed by atoms with van der Waals surface area (Å²) in [7, 11) is 0. The first kappa shape index (κ1) is 23.0. The minimum absolute atomic E-state index is 0.0689. The van der Waals surface area contributed by atoms with Gasteiger partial charge in [-0.15, -0.1) is 0 Å². The Balaban J connectivity index is 1.29. The van der Waals surface area contributed by atoms with E-state index in [4.69, 9.17) is 0 Å². The Hall–Kier alpha value is -3.78. The third kappa shape index (κ3) is 4.88. The number of nitrogens with zero attached hydrogens (tertiary/aromatic N) is 6. The normalized spacial score (nSPS) is 14.5. The van der Waals surface area contributed by atoms with E-state index in [0.717, 1.165) is 31.6 Å². The van der Waals surface area contributed by atoms with Gasteiger partial charge in [-0.25, -0.2) is 9.20 Å². The minimum Gasteiger partial charge on any atom is -0.339 e. The Morgan fingerprint density at radius 1 is 0.914 bits per heavy atom. The molecular weight excluding hydrogens is 440 g/mol. The molecule has 1 aliphatic heterocycles. The van der Waals surface area contributed by atoms with Crippen molar-refractivity contribution in [1.29, 1.82) is 0 Å². The van der Waals surface area contributed by atoms with Crippen molar-refractivity contribution in [3.63, 3.8) is 0 Å². The van der Waals surface area contributed by atoms with E-state index in [1.165, 1.54) is 15.8 Å².